The van der Waals surface area contributed by atoms with Gasteiger partial charge in [0.2, 0.25) is 5.91 Å². The van der Waals surface area contributed by atoms with Gasteiger partial charge in [-0.15, -0.1) is 0 Å². The lowest BCUT2D eigenvalue weighted by atomic mass is 9.97. The lowest BCUT2D eigenvalue weighted by Gasteiger charge is -2.31. The van der Waals surface area contributed by atoms with E-state index < -0.39 is 30.2 Å². The van der Waals surface area contributed by atoms with Gasteiger partial charge in [0, 0.05) is 18.8 Å². The first-order chi connectivity index (χ1) is 13.5. The van der Waals surface area contributed by atoms with Crippen LogP contribution in [0, 0.1) is 5.92 Å². The number of benzene rings is 1. The maximum atomic E-state index is 12.3. The van der Waals surface area contributed by atoms with E-state index in [1.807, 2.05) is 0 Å². The van der Waals surface area contributed by atoms with Crippen LogP contribution in [0.25, 0.3) is 0 Å². The molecule has 0 aromatic heterocycles. The molecule has 9 heteroatoms. The number of rotatable bonds is 5. The number of carbonyl (C=O) groups is 4. The van der Waals surface area contributed by atoms with E-state index in [1.54, 1.807) is 32.9 Å². The van der Waals surface area contributed by atoms with E-state index in [-0.39, 0.29) is 23.9 Å². The number of hydrogen-bond acceptors (Lipinski definition) is 6. The summed E-state index contributed by atoms with van der Waals surface area (Å²) in [6.07, 6.45) is 0.675. The number of piperidine rings is 1. The van der Waals surface area contributed by atoms with Crippen molar-refractivity contribution in [3.63, 3.8) is 0 Å². The summed E-state index contributed by atoms with van der Waals surface area (Å²) in [4.78, 5) is 49.2. The highest BCUT2D eigenvalue weighted by Gasteiger charge is 2.27. The monoisotopic (exact) mass is 405 g/mol. The number of ether oxygens (including phenoxy) is 2. The summed E-state index contributed by atoms with van der Waals surface area (Å²) in [5.41, 5.74) is 5.20. The maximum Gasteiger partial charge on any atom is 0.412 e. The SMILES string of the molecule is CC(C)(C)OC(=O)Nc1cccc(C(=O)OCC(=O)N2CCC[C@@H](C(N)=O)C2)c1. The van der Waals surface area contributed by atoms with Gasteiger partial charge in [0.25, 0.3) is 5.91 Å². The highest BCUT2D eigenvalue weighted by molar-refractivity contribution is 5.94. The van der Waals surface area contributed by atoms with Gasteiger partial charge in [0.15, 0.2) is 6.61 Å². The van der Waals surface area contributed by atoms with Gasteiger partial charge in [-0.3, -0.25) is 14.9 Å². The zero-order chi connectivity index (χ0) is 21.6. The quantitative estimate of drug-likeness (QED) is 0.720. The number of primary amides is 1. The average Bonchev–Trinajstić information content (AvgIpc) is 2.64. The number of nitrogens with zero attached hydrogens (tertiary/aromatic N) is 1. The summed E-state index contributed by atoms with van der Waals surface area (Å²) < 4.78 is 10.3. The van der Waals surface area contributed by atoms with Crippen molar-refractivity contribution in [1.29, 1.82) is 0 Å². The molecule has 1 aliphatic heterocycles. The second-order valence-electron chi connectivity index (χ2n) is 7.87. The third-order valence-corrected chi connectivity index (χ3v) is 4.25. The van der Waals surface area contributed by atoms with Crippen LogP contribution in [0.2, 0.25) is 0 Å². The molecule has 1 aromatic carbocycles. The minimum absolute atomic E-state index is 0.181. The van der Waals surface area contributed by atoms with Gasteiger partial charge >= 0.3 is 12.1 Å². The van der Waals surface area contributed by atoms with Crippen molar-refractivity contribution in [3.8, 4) is 0 Å². The normalized spacial score (nSPS) is 16.7. The zero-order valence-electron chi connectivity index (χ0n) is 16.9. The molecule has 9 nitrogen and oxygen atoms in total. The molecule has 2 rings (SSSR count). The van der Waals surface area contributed by atoms with Crippen LogP contribution in [0.15, 0.2) is 24.3 Å². The summed E-state index contributed by atoms with van der Waals surface area (Å²) in [5.74, 6) is -1.89. The van der Waals surface area contributed by atoms with Gasteiger partial charge in [-0.05, 0) is 51.8 Å². The molecule has 0 unspecified atom stereocenters. The van der Waals surface area contributed by atoms with E-state index in [1.165, 1.54) is 17.0 Å². The largest absolute Gasteiger partial charge is 0.452 e. The summed E-state index contributed by atoms with van der Waals surface area (Å²) >= 11 is 0. The first-order valence-corrected chi connectivity index (χ1v) is 9.39. The number of likely N-dealkylation sites (tertiary alicyclic amines) is 1. The molecule has 1 aromatic rings. The van der Waals surface area contributed by atoms with Gasteiger partial charge in [-0.2, -0.15) is 0 Å². The number of amides is 3. The van der Waals surface area contributed by atoms with Crippen molar-refractivity contribution < 1.29 is 28.7 Å². The Bertz CT molecular complexity index is 787. The van der Waals surface area contributed by atoms with Crippen LogP contribution in [0.5, 0.6) is 0 Å². The second kappa shape index (κ2) is 9.40. The smallest absolute Gasteiger partial charge is 0.412 e. The predicted octanol–water partition coefficient (Wildman–Crippen LogP) is 1.91. The summed E-state index contributed by atoms with van der Waals surface area (Å²) in [5, 5.41) is 2.54. The molecule has 1 saturated heterocycles. The molecule has 1 heterocycles. The van der Waals surface area contributed by atoms with Crippen LogP contribution in [0.4, 0.5) is 10.5 Å². The molecule has 3 amide bonds. The van der Waals surface area contributed by atoms with Crippen LogP contribution < -0.4 is 11.1 Å². The van der Waals surface area contributed by atoms with Crippen molar-refractivity contribution in [2.45, 2.75) is 39.2 Å². The maximum absolute atomic E-state index is 12.3. The molecule has 0 aliphatic carbocycles. The van der Waals surface area contributed by atoms with Gasteiger partial charge in [-0.25, -0.2) is 9.59 Å². The Morgan fingerprint density at radius 2 is 1.97 bits per heavy atom. The first kappa shape index (κ1) is 22.2. The fourth-order valence-corrected chi connectivity index (χ4v) is 2.88. The van der Waals surface area contributed by atoms with Crippen molar-refractivity contribution in [3.05, 3.63) is 29.8 Å². The van der Waals surface area contributed by atoms with E-state index >= 15 is 0 Å². The number of nitrogens with two attached hydrogens (primary N) is 1. The van der Waals surface area contributed by atoms with Crippen molar-refractivity contribution in [1.82, 2.24) is 4.90 Å². The van der Waals surface area contributed by atoms with E-state index in [0.29, 0.717) is 25.1 Å². The van der Waals surface area contributed by atoms with E-state index in [2.05, 4.69) is 5.32 Å². The Balaban J connectivity index is 1.90. The molecule has 0 bridgehead atoms. The number of anilines is 1. The predicted molar refractivity (Wildman–Crippen MR) is 105 cm³/mol. The van der Waals surface area contributed by atoms with Gasteiger partial charge in [0.1, 0.15) is 5.60 Å². The lowest BCUT2D eigenvalue weighted by molar-refractivity contribution is -0.137. The molecule has 0 spiro atoms. The van der Waals surface area contributed by atoms with Crippen LogP contribution in [-0.4, -0.2) is 54.1 Å². The topological polar surface area (TPSA) is 128 Å². The van der Waals surface area contributed by atoms with Crippen LogP contribution in [0.3, 0.4) is 0 Å². The molecule has 0 saturated carbocycles. The fraction of sp³-hybridized carbons (Fsp3) is 0.500. The number of nitrogens with one attached hydrogen (secondary N) is 1. The van der Waals surface area contributed by atoms with Gasteiger partial charge in [-0.1, -0.05) is 6.07 Å². The minimum atomic E-state index is -0.699. The Morgan fingerprint density at radius 3 is 2.62 bits per heavy atom. The molecular weight excluding hydrogens is 378 g/mol. The molecular formula is C20H27N3O6. The van der Waals surface area contributed by atoms with E-state index in [9.17, 15) is 19.2 Å². The standard InChI is InChI=1S/C20H27N3O6/c1-20(2,3)29-19(27)22-15-8-4-6-13(10-15)18(26)28-12-16(24)23-9-5-7-14(11-23)17(21)25/h4,6,8,10,14H,5,7,9,11-12H2,1-3H3,(H2,21,25)(H,22,27)/t14-/m1/s1. The number of carbonyl (C=O) groups excluding carboxylic acids is 4. The van der Waals surface area contributed by atoms with E-state index in [4.69, 9.17) is 15.2 Å². The Hall–Kier alpha value is -3.10. The van der Waals surface area contributed by atoms with Gasteiger partial charge < -0.3 is 20.1 Å². The van der Waals surface area contributed by atoms with Crippen LogP contribution in [-0.2, 0) is 19.1 Å². The first-order valence-electron chi connectivity index (χ1n) is 9.39. The van der Waals surface area contributed by atoms with Crippen molar-refractivity contribution in [2.24, 2.45) is 11.7 Å². The fourth-order valence-electron chi connectivity index (χ4n) is 2.88. The summed E-state index contributed by atoms with van der Waals surface area (Å²) in [6, 6.07) is 6.12. The molecule has 0 radical (unpaired) electrons. The lowest BCUT2D eigenvalue weighted by Crippen LogP contribution is -2.45. The average molecular weight is 405 g/mol. The van der Waals surface area contributed by atoms with Gasteiger partial charge in [0.05, 0.1) is 11.5 Å². The molecule has 1 atom stereocenters. The van der Waals surface area contributed by atoms with Crippen LogP contribution >= 0.6 is 0 Å². The number of esters is 1. The molecule has 3 N–H and O–H groups in total. The molecule has 1 aliphatic rings. The highest BCUT2D eigenvalue weighted by atomic mass is 16.6. The van der Waals surface area contributed by atoms with Crippen molar-refractivity contribution in [2.75, 3.05) is 25.0 Å². The Kier molecular flexibility index (Phi) is 7.19. The summed E-state index contributed by atoms with van der Waals surface area (Å²) in [6.45, 7) is 5.52. The third-order valence-electron chi connectivity index (χ3n) is 4.25. The minimum Gasteiger partial charge on any atom is -0.452 e. The van der Waals surface area contributed by atoms with E-state index in [0.717, 1.165) is 0 Å². The zero-order valence-corrected chi connectivity index (χ0v) is 16.9. The Morgan fingerprint density at radius 1 is 1.24 bits per heavy atom. The second-order valence-corrected chi connectivity index (χ2v) is 7.87. The van der Waals surface area contributed by atoms with Crippen molar-refractivity contribution >= 4 is 29.6 Å². The Labute approximate surface area is 169 Å². The summed E-state index contributed by atoms with van der Waals surface area (Å²) in [7, 11) is 0. The third kappa shape index (κ3) is 7.10. The number of hydrogen-bond donors (Lipinski definition) is 2. The molecule has 158 valence electrons. The molecule has 29 heavy (non-hydrogen) atoms. The highest BCUT2D eigenvalue weighted by Crippen LogP contribution is 2.17. The van der Waals surface area contributed by atoms with Crippen LogP contribution in [0.1, 0.15) is 44.0 Å². The molecule has 1 fully saturated rings.